The van der Waals surface area contributed by atoms with Crippen LogP contribution in [-0.4, -0.2) is 38.4 Å². The van der Waals surface area contributed by atoms with Crippen LogP contribution in [0.5, 0.6) is 0 Å². The Balaban J connectivity index is 1.58. The highest BCUT2D eigenvalue weighted by molar-refractivity contribution is 5.88. The molecule has 0 amide bonds. The maximum atomic E-state index is 12.5. The van der Waals surface area contributed by atoms with E-state index in [0.717, 1.165) is 23.2 Å². The summed E-state index contributed by atoms with van der Waals surface area (Å²) >= 11 is 0. The summed E-state index contributed by atoms with van der Waals surface area (Å²) in [6.45, 7) is 3.96. The van der Waals surface area contributed by atoms with Crippen LogP contribution in [-0.2, 0) is 18.4 Å². The van der Waals surface area contributed by atoms with Gasteiger partial charge in [-0.3, -0.25) is 19.1 Å². The van der Waals surface area contributed by atoms with Crippen molar-refractivity contribution in [3.05, 3.63) is 81.5 Å². The summed E-state index contributed by atoms with van der Waals surface area (Å²) in [5.41, 5.74) is 2.08. The van der Waals surface area contributed by atoms with E-state index in [4.69, 9.17) is 0 Å². The highest BCUT2D eigenvalue weighted by Crippen LogP contribution is 2.34. The monoisotopic (exact) mass is 416 g/mol. The summed E-state index contributed by atoms with van der Waals surface area (Å²) in [5.74, 6) is -1.23. The van der Waals surface area contributed by atoms with Gasteiger partial charge in [-0.25, -0.2) is 4.79 Å². The van der Waals surface area contributed by atoms with Gasteiger partial charge in [-0.15, -0.1) is 0 Å². The zero-order valence-corrected chi connectivity index (χ0v) is 17.4. The van der Waals surface area contributed by atoms with Crippen LogP contribution < -0.4 is 5.56 Å². The lowest BCUT2D eigenvalue weighted by molar-refractivity contribution is 0.0694. The SMILES string of the molecule is CCc1ccc(C2(C#N)CCN(Cc3cc(C(=O)O)c(=O)n4ccccc34)CC2)nc1. The molecule has 1 fully saturated rings. The summed E-state index contributed by atoms with van der Waals surface area (Å²) in [6, 6.07) is 13.4. The standard InChI is InChI=1S/C24H24N4O3/c1-2-17-6-7-21(26-14-17)24(16-25)8-11-27(12-9-24)15-18-13-19(23(30)31)22(29)28-10-4-3-5-20(18)28/h3-7,10,13-14H,2,8-9,11-12,15H2,1H3,(H,30,31). The number of aromatic carboxylic acids is 1. The Bertz CT molecular complexity index is 1220. The Labute approximate surface area is 180 Å². The number of nitriles is 1. The van der Waals surface area contributed by atoms with Crippen LogP contribution in [0.4, 0.5) is 0 Å². The van der Waals surface area contributed by atoms with Crippen LogP contribution in [0.1, 0.15) is 46.9 Å². The van der Waals surface area contributed by atoms with E-state index in [1.807, 2.05) is 30.5 Å². The summed E-state index contributed by atoms with van der Waals surface area (Å²) < 4.78 is 1.39. The molecule has 31 heavy (non-hydrogen) atoms. The number of carbonyl (C=O) groups is 1. The fraction of sp³-hybridized carbons (Fsp3) is 0.333. The van der Waals surface area contributed by atoms with Crippen molar-refractivity contribution < 1.29 is 9.90 Å². The molecule has 4 rings (SSSR count). The average Bonchev–Trinajstić information content (AvgIpc) is 2.81. The molecule has 0 atom stereocenters. The van der Waals surface area contributed by atoms with Crippen LogP contribution in [0, 0.1) is 11.3 Å². The van der Waals surface area contributed by atoms with Crippen molar-refractivity contribution in [1.29, 1.82) is 5.26 Å². The van der Waals surface area contributed by atoms with Gasteiger partial charge in [-0.2, -0.15) is 5.26 Å². The predicted molar refractivity (Wildman–Crippen MR) is 116 cm³/mol. The van der Waals surface area contributed by atoms with E-state index < -0.39 is 16.9 Å². The van der Waals surface area contributed by atoms with Gasteiger partial charge in [-0.1, -0.05) is 19.1 Å². The normalized spacial score (nSPS) is 16.1. The van der Waals surface area contributed by atoms with E-state index >= 15 is 0 Å². The number of piperidine rings is 1. The minimum Gasteiger partial charge on any atom is -0.477 e. The Morgan fingerprint density at radius 2 is 2.03 bits per heavy atom. The Morgan fingerprint density at radius 1 is 1.26 bits per heavy atom. The fourth-order valence-electron chi connectivity index (χ4n) is 4.28. The van der Waals surface area contributed by atoms with E-state index in [1.54, 1.807) is 12.3 Å². The lowest BCUT2D eigenvalue weighted by atomic mass is 9.76. The Hall–Kier alpha value is -3.50. The number of pyridine rings is 3. The molecule has 1 N–H and O–H groups in total. The van der Waals surface area contributed by atoms with E-state index in [1.165, 1.54) is 10.5 Å². The zero-order valence-electron chi connectivity index (χ0n) is 17.4. The van der Waals surface area contributed by atoms with Crippen LogP contribution in [0.25, 0.3) is 5.52 Å². The number of carboxylic acids is 1. The molecular formula is C24H24N4O3. The summed E-state index contributed by atoms with van der Waals surface area (Å²) in [4.78, 5) is 30.8. The third kappa shape index (κ3) is 3.82. The third-order valence-electron chi connectivity index (χ3n) is 6.23. The van der Waals surface area contributed by atoms with Crippen molar-refractivity contribution in [2.24, 2.45) is 0 Å². The van der Waals surface area contributed by atoms with Crippen LogP contribution in [0.3, 0.4) is 0 Å². The number of likely N-dealkylation sites (tertiary alicyclic amines) is 1. The minimum atomic E-state index is -1.23. The predicted octanol–water partition coefficient (Wildman–Crippen LogP) is 3.01. The molecule has 158 valence electrons. The van der Waals surface area contributed by atoms with Crippen molar-refractivity contribution in [2.75, 3.05) is 13.1 Å². The number of rotatable bonds is 5. The number of hydrogen-bond acceptors (Lipinski definition) is 5. The lowest BCUT2D eigenvalue weighted by Gasteiger charge is -2.37. The van der Waals surface area contributed by atoms with Gasteiger partial charge in [0.2, 0.25) is 0 Å². The van der Waals surface area contributed by atoms with Crippen LogP contribution >= 0.6 is 0 Å². The van der Waals surface area contributed by atoms with Gasteiger partial charge in [0.25, 0.3) is 5.56 Å². The molecule has 0 saturated carbocycles. The number of nitrogens with zero attached hydrogens (tertiary/aromatic N) is 4. The number of aromatic nitrogens is 2. The molecule has 4 heterocycles. The van der Waals surface area contributed by atoms with Crippen molar-refractivity contribution in [3.8, 4) is 6.07 Å². The number of aryl methyl sites for hydroxylation is 1. The van der Waals surface area contributed by atoms with Gasteiger partial charge in [0, 0.05) is 32.0 Å². The quantitative estimate of drug-likeness (QED) is 0.686. The molecule has 0 unspecified atom stereocenters. The number of hydrogen-bond donors (Lipinski definition) is 1. The van der Waals surface area contributed by atoms with E-state index in [9.17, 15) is 20.0 Å². The topological polar surface area (TPSA) is 98.7 Å². The van der Waals surface area contributed by atoms with Gasteiger partial charge >= 0.3 is 5.97 Å². The first-order valence-electron chi connectivity index (χ1n) is 10.4. The third-order valence-corrected chi connectivity index (χ3v) is 6.23. The number of fused-ring (bicyclic) bond motifs is 1. The molecule has 0 aliphatic carbocycles. The van der Waals surface area contributed by atoms with Gasteiger partial charge in [0.05, 0.1) is 17.3 Å². The summed E-state index contributed by atoms with van der Waals surface area (Å²) in [5, 5.41) is 19.4. The van der Waals surface area contributed by atoms with Crippen molar-refractivity contribution in [3.63, 3.8) is 0 Å². The maximum Gasteiger partial charge on any atom is 0.341 e. The molecule has 3 aromatic heterocycles. The molecule has 0 spiro atoms. The average molecular weight is 416 g/mol. The summed E-state index contributed by atoms with van der Waals surface area (Å²) in [7, 11) is 0. The molecule has 0 radical (unpaired) electrons. The minimum absolute atomic E-state index is 0.234. The van der Waals surface area contributed by atoms with Gasteiger partial charge in [0.1, 0.15) is 11.0 Å². The highest BCUT2D eigenvalue weighted by atomic mass is 16.4. The molecule has 1 saturated heterocycles. The molecule has 7 heteroatoms. The second kappa shape index (κ2) is 8.32. The van der Waals surface area contributed by atoms with Gasteiger partial charge < -0.3 is 5.11 Å². The first-order chi connectivity index (χ1) is 15.0. The lowest BCUT2D eigenvalue weighted by Crippen LogP contribution is -2.42. The summed E-state index contributed by atoms with van der Waals surface area (Å²) in [6.07, 6.45) is 5.65. The smallest absolute Gasteiger partial charge is 0.341 e. The highest BCUT2D eigenvalue weighted by Gasteiger charge is 2.37. The van der Waals surface area contributed by atoms with Crippen LogP contribution in [0.15, 0.2) is 53.6 Å². The molecule has 3 aromatic rings. The van der Waals surface area contributed by atoms with Crippen molar-refractivity contribution in [1.82, 2.24) is 14.3 Å². The molecule has 1 aliphatic rings. The largest absolute Gasteiger partial charge is 0.477 e. The molecule has 7 nitrogen and oxygen atoms in total. The van der Waals surface area contributed by atoms with E-state index in [0.29, 0.717) is 38.0 Å². The molecule has 1 aliphatic heterocycles. The molecule has 0 aromatic carbocycles. The molecular weight excluding hydrogens is 392 g/mol. The van der Waals surface area contributed by atoms with E-state index in [-0.39, 0.29) is 5.56 Å². The van der Waals surface area contributed by atoms with Crippen molar-refractivity contribution >= 4 is 11.5 Å². The Kier molecular flexibility index (Phi) is 5.57. The van der Waals surface area contributed by atoms with Crippen molar-refractivity contribution in [2.45, 2.75) is 38.1 Å². The first-order valence-corrected chi connectivity index (χ1v) is 10.4. The second-order valence-electron chi connectivity index (χ2n) is 8.02. The van der Waals surface area contributed by atoms with Gasteiger partial charge in [-0.05, 0) is 54.7 Å². The second-order valence-corrected chi connectivity index (χ2v) is 8.02. The molecule has 0 bridgehead atoms. The zero-order chi connectivity index (χ0) is 22.0. The van der Waals surface area contributed by atoms with Crippen LogP contribution in [0.2, 0.25) is 0 Å². The van der Waals surface area contributed by atoms with E-state index in [2.05, 4.69) is 22.9 Å². The maximum absolute atomic E-state index is 12.5. The first kappa shape index (κ1) is 20.8. The fourth-order valence-corrected chi connectivity index (χ4v) is 4.28. The number of carboxylic acid groups (broad SMARTS) is 1. The van der Waals surface area contributed by atoms with Gasteiger partial charge in [0.15, 0.2) is 0 Å². The Morgan fingerprint density at radius 3 is 2.65 bits per heavy atom.